The van der Waals surface area contributed by atoms with Crippen LogP contribution >= 0.6 is 11.8 Å². The van der Waals surface area contributed by atoms with Gasteiger partial charge in [-0.05, 0) is 37.1 Å². The van der Waals surface area contributed by atoms with Crippen molar-refractivity contribution < 1.29 is 0 Å². The molecule has 0 saturated carbocycles. The molecule has 3 aromatic rings. The van der Waals surface area contributed by atoms with Crippen LogP contribution in [0.5, 0.6) is 0 Å². The molecular weight excluding hydrogens is 282 g/mol. The number of nitrogens with zero attached hydrogens (tertiary/aromatic N) is 5. The Kier molecular flexibility index (Phi) is 3.79. The Hall–Kier alpha value is -2.08. The van der Waals surface area contributed by atoms with E-state index in [4.69, 9.17) is 0 Å². The largest absolute Gasteiger partial charge is 0.295 e. The highest BCUT2D eigenvalue weighted by molar-refractivity contribution is 7.98. The molecule has 2 aromatic heterocycles. The van der Waals surface area contributed by atoms with Gasteiger partial charge in [-0.2, -0.15) is 5.10 Å². The summed E-state index contributed by atoms with van der Waals surface area (Å²) in [5.41, 5.74) is 3.72. The second kappa shape index (κ2) is 5.73. The van der Waals surface area contributed by atoms with Gasteiger partial charge in [-0.1, -0.05) is 17.8 Å². The Balaban J connectivity index is 1.83. The van der Waals surface area contributed by atoms with Crippen molar-refractivity contribution in [3.05, 3.63) is 53.9 Å². The first-order valence-electron chi connectivity index (χ1n) is 6.72. The molecule has 5 nitrogen and oxygen atoms in total. The number of benzene rings is 1. The van der Waals surface area contributed by atoms with Gasteiger partial charge in [0, 0.05) is 25.1 Å². The molecule has 1 aromatic carbocycles. The Morgan fingerprint density at radius 1 is 1.14 bits per heavy atom. The molecule has 0 radical (unpaired) electrons. The number of imidazole rings is 1. The van der Waals surface area contributed by atoms with Crippen LogP contribution in [0.3, 0.4) is 0 Å². The predicted molar refractivity (Wildman–Crippen MR) is 83.6 cm³/mol. The Labute approximate surface area is 128 Å². The van der Waals surface area contributed by atoms with Crippen LogP contribution in [-0.4, -0.2) is 24.3 Å². The molecule has 3 rings (SSSR count). The van der Waals surface area contributed by atoms with Gasteiger partial charge in [-0.25, -0.2) is 9.97 Å². The van der Waals surface area contributed by atoms with Crippen molar-refractivity contribution in [2.24, 2.45) is 7.05 Å². The summed E-state index contributed by atoms with van der Waals surface area (Å²) in [6.45, 7) is 4.25. The van der Waals surface area contributed by atoms with Crippen LogP contribution in [0, 0.1) is 13.8 Å². The fraction of sp³-hybridized carbons (Fsp3) is 0.267. The lowest BCUT2D eigenvalue weighted by Gasteiger charge is -2.09. The van der Waals surface area contributed by atoms with Crippen molar-refractivity contribution in [1.29, 1.82) is 0 Å². The van der Waals surface area contributed by atoms with Crippen molar-refractivity contribution in [3.8, 4) is 5.69 Å². The third kappa shape index (κ3) is 2.85. The molecule has 0 N–H and O–H groups in total. The minimum atomic E-state index is 0.748. The zero-order valence-corrected chi connectivity index (χ0v) is 13.1. The van der Waals surface area contributed by atoms with E-state index in [1.807, 2.05) is 19.4 Å². The molecule has 0 amide bonds. The predicted octanol–water partition coefficient (Wildman–Crippen LogP) is 2.91. The fourth-order valence-corrected chi connectivity index (χ4v) is 3.01. The van der Waals surface area contributed by atoms with E-state index in [1.165, 1.54) is 11.1 Å². The third-order valence-corrected chi connectivity index (χ3v) is 4.47. The molecule has 0 spiro atoms. The summed E-state index contributed by atoms with van der Waals surface area (Å²) in [6.07, 6.45) is 5.39. The topological polar surface area (TPSA) is 48.5 Å². The lowest BCUT2D eigenvalue weighted by Crippen LogP contribution is -2.00. The van der Waals surface area contributed by atoms with Gasteiger partial charge in [-0.15, -0.1) is 0 Å². The molecule has 0 bridgehead atoms. The molecule has 2 heterocycles. The zero-order chi connectivity index (χ0) is 14.8. The van der Waals surface area contributed by atoms with Gasteiger partial charge in [0.2, 0.25) is 0 Å². The first-order valence-corrected chi connectivity index (χ1v) is 7.70. The molecule has 0 aliphatic heterocycles. The SMILES string of the molecule is Cc1ccc(-n2ccnc2SCc2ncnn2C)cc1C. The fourth-order valence-electron chi connectivity index (χ4n) is 2.05. The van der Waals surface area contributed by atoms with Crippen LogP contribution in [-0.2, 0) is 12.8 Å². The van der Waals surface area contributed by atoms with E-state index >= 15 is 0 Å². The van der Waals surface area contributed by atoms with E-state index in [-0.39, 0.29) is 0 Å². The minimum Gasteiger partial charge on any atom is -0.295 e. The molecule has 0 unspecified atom stereocenters. The highest BCUT2D eigenvalue weighted by Gasteiger charge is 2.09. The lowest BCUT2D eigenvalue weighted by atomic mass is 10.1. The summed E-state index contributed by atoms with van der Waals surface area (Å²) in [5, 5.41) is 5.04. The van der Waals surface area contributed by atoms with Crippen LogP contribution in [0.15, 0.2) is 42.1 Å². The number of aromatic nitrogens is 5. The standard InChI is InChI=1S/C15H17N5S/c1-11-4-5-13(8-12(11)2)20-7-6-16-15(20)21-9-14-17-10-18-19(14)3/h4-8,10H,9H2,1-3H3. The van der Waals surface area contributed by atoms with Crippen LogP contribution in [0.1, 0.15) is 17.0 Å². The number of rotatable bonds is 4. The molecule has 0 aliphatic rings. The summed E-state index contributed by atoms with van der Waals surface area (Å²) in [5.74, 6) is 1.69. The molecule has 6 heteroatoms. The smallest absolute Gasteiger partial charge is 0.173 e. The molecule has 0 aliphatic carbocycles. The Morgan fingerprint density at radius 2 is 2.00 bits per heavy atom. The van der Waals surface area contributed by atoms with Gasteiger partial charge in [0.15, 0.2) is 5.16 Å². The average molecular weight is 299 g/mol. The van der Waals surface area contributed by atoms with Crippen molar-refractivity contribution in [3.63, 3.8) is 0 Å². The maximum absolute atomic E-state index is 4.44. The maximum Gasteiger partial charge on any atom is 0.173 e. The summed E-state index contributed by atoms with van der Waals surface area (Å²) < 4.78 is 3.89. The van der Waals surface area contributed by atoms with Gasteiger partial charge in [0.05, 0.1) is 5.75 Å². The second-order valence-electron chi connectivity index (χ2n) is 4.94. The van der Waals surface area contributed by atoms with E-state index in [9.17, 15) is 0 Å². The van der Waals surface area contributed by atoms with Crippen molar-refractivity contribution in [1.82, 2.24) is 24.3 Å². The highest BCUT2D eigenvalue weighted by Crippen LogP contribution is 2.24. The molecule has 21 heavy (non-hydrogen) atoms. The lowest BCUT2D eigenvalue weighted by molar-refractivity contribution is 0.729. The minimum absolute atomic E-state index is 0.748. The number of hydrogen-bond donors (Lipinski definition) is 0. The van der Waals surface area contributed by atoms with Gasteiger partial charge >= 0.3 is 0 Å². The zero-order valence-electron chi connectivity index (χ0n) is 12.3. The van der Waals surface area contributed by atoms with Crippen LogP contribution in [0.25, 0.3) is 5.69 Å². The van der Waals surface area contributed by atoms with Crippen LogP contribution < -0.4 is 0 Å². The third-order valence-electron chi connectivity index (χ3n) is 3.51. The van der Waals surface area contributed by atoms with Crippen molar-refractivity contribution in [2.75, 3.05) is 0 Å². The Morgan fingerprint density at radius 3 is 2.71 bits per heavy atom. The summed E-state index contributed by atoms with van der Waals surface area (Å²) >= 11 is 1.66. The van der Waals surface area contributed by atoms with Gasteiger partial charge in [-0.3, -0.25) is 9.25 Å². The number of aryl methyl sites for hydroxylation is 3. The van der Waals surface area contributed by atoms with Crippen LogP contribution in [0.2, 0.25) is 0 Å². The number of thioether (sulfide) groups is 1. The van der Waals surface area contributed by atoms with Crippen molar-refractivity contribution >= 4 is 11.8 Å². The van der Waals surface area contributed by atoms with E-state index in [0.717, 1.165) is 22.4 Å². The Bertz CT molecular complexity index is 759. The molecule has 0 atom stereocenters. The highest BCUT2D eigenvalue weighted by atomic mass is 32.2. The summed E-state index contributed by atoms with van der Waals surface area (Å²) in [4.78, 5) is 8.68. The van der Waals surface area contributed by atoms with Crippen LogP contribution in [0.4, 0.5) is 0 Å². The van der Waals surface area contributed by atoms with Gasteiger partial charge in [0.1, 0.15) is 12.2 Å². The van der Waals surface area contributed by atoms with E-state index in [0.29, 0.717) is 0 Å². The molecule has 108 valence electrons. The van der Waals surface area contributed by atoms with Crippen molar-refractivity contribution in [2.45, 2.75) is 24.8 Å². The normalized spacial score (nSPS) is 11.0. The first kappa shape index (κ1) is 13.9. The molecule has 0 saturated heterocycles. The number of hydrogen-bond acceptors (Lipinski definition) is 4. The van der Waals surface area contributed by atoms with E-state index in [1.54, 1.807) is 22.8 Å². The summed E-state index contributed by atoms with van der Waals surface area (Å²) in [6, 6.07) is 6.45. The van der Waals surface area contributed by atoms with Gasteiger partial charge in [0.25, 0.3) is 0 Å². The maximum atomic E-state index is 4.44. The van der Waals surface area contributed by atoms with E-state index < -0.39 is 0 Å². The molecular formula is C15H17N5S. The first-order chi connectivity index (χ1) is 10.1. The van der Waals surface area contributed by atoms with E-state index in [2.05, 4.69) is 51.7 Å². The second-order valence-corrected chi connectivity index (χ2v) is 5.88. The monoisotopic (exact) mass is 299 g/mol. The molecule has 0 fully saturated rings. The average Bonchev–Trinajstić information content (AvgIpc) is 3.08. The van der Waals surface area contributed by atoms with Gasteiger partial charge < -0.3 is 0 Å². The quantitative estimate of drug-likeness (QED) is 0.695. The summed E-state index contributed by atoms with van der Waals surface area (Å²) in [7, 11) is 1.90.